The molecule has 1 fully saturated rings. The van der Waals surface area contributed by atoms with E-state index >= 15 is 0 Å². The van der Waals surface area contributed by atoms with Crippen molar-refractivity contribution in [1.29, 1.82) is 0 Å². The predicted octanol–water partition coefficient (Wildman–Crippen LogP) is 4.96. The van der Waals surface area contributed by atoms with Crippen LogP contribution in [0.1, 0.15) is 27.7 Å². The molecule has 4 aromatic rings. The minimum Gasteiger partial charge on any atom is -0.494 e. The molecule has 3 aromatic carbocycles. The van der Waals surface area contributed by atoms with E-state index in [4.69, 9.17) is 21.1 Å². The number of anilines is 5. The number of carbonyl (C=O) groups is 1. The van der Waals surface area contributed by atoms with Crippen molar-refractivity contribution in [1.82, 2.24) is 14.9 Å². The monoisotopic (exact) mass is 596 g/mol. The van der Waals surface area contributed by atoms with Gasteiger partial charge in [0.05, 0.1) is 29.0 Å². The molecular weight excluding hydrogens is 567 g/mol. The summed E-state index contributed by atoms with van der Waals surface area (Å²) in [7, 11) is 1.47. The molecule has 1 saturated heterocycles. The fourth-order valence-electron chi connectivity index (χ4n) is 4.86. The molecule has 42 heavy (non-hydrogen) atoms. The number of aromatic nitrogens is 2. The summed E-state index contributed by atoms with van der Waals surface area (Å²) >= 11 is 5.94. The molecular formula is C29H30ClFN6O5. The Morgan fingerprint density at radius 2 is 1.86 bits per heavy atom. The Morgan fingerprint density at radius 3 is 2.55 bits per heavy atom. The topological polar surface area (TPSA) is 126 Å². The molecule has 5 rings (SSSR count). The van der Waals surface area contributed by atoms with Gasteiger partial charge in [-0.1, -0.05) is 17.7 Å². The number of fused-ring (bicyclic) bond motifs is 1. The van der Waals surface area contributed by atoms with Crippen LogP contribution in [0, 0.1) is 5.82 Å². The number of hydrogen-bond donors (Lipinski definition) is 2. The number of amides is 1. The van der Waals surface area contributed by atoms with Gasteiger partial charge in [-0.3, -0.25) is 9.59 Å². The first-order valence-electron chi connectivity index (χ1n) is 13.3. The van der Waals surface area contributed by atoms with Crippen LogP contribution in [0.25, 0.3) is 10.9 Å². The van der Waals surface area contributed by atoms with Crippen LogP contribution in [0.15, 0.2) is 46.2 Å². The molecule has 0 unspecified atom stereocenters. The van der Waals surface area contributed by atoms with Gasteiger partial charge >= 0.3 is 6.09 Å². The van der Waals surface area contributed by atoms with Crippen molar-refractivity contribution < 1.29 is 18.7 Å². The van der Waals surface area contributed by atoms with Crippen molar-refractivity contribution in [2.75, 3.05) is 42.3 Å². The average Bonchev–Trinajstić information content (AvgIpc) is 2.94. The zero-order valence-corrected chi connectivity index (χ0v) is 24.5. The van der Waals surface area contributed by atoms with Crippen LogP contribution in [-0.2, 0) is 4.74 Å². The van der Waals surface area contributed by atoms with Crippen molar-refractivity contribution in [2.45, 2.75) is 39.3 Å². The Morgan fingerprint density at radius 1 is 1.10 bits per heavy atom. The second kappa shape index (κ2) is 11.1. The third kappa shape index (κ3) is 5.54. The molecule has 1 aliphatic rings. The van der Waals surface area contributed by atoms with E-state index in [-0.39, 0.29) is 28.1 Å². The van der Waals surface area contributed by atoms with Crippen LogP contribution in [0.3, 0.4) is 0 Å². The molecule has 0 bridgehead atoms. The van der Waals surface area contributed by atoms with Crippen LogP contribution in [0.5, 0.6) is 5.75 Å². The van der Waals surface area contributed by atoms with Gasteiger partial charge in [-0.05, 0) is 45.9 Å². The molecule has 0 saturated carbocycles. The van der Waals surface area contributed by atoms with Crippen LogP contribution < -0.4 is 31.1 Å². The molecule has 13 heteroatoms. The zero-order valence-electron chi connectivity index (χ0n) is 23.7. The van der Waals surface area contributed by atoms with Crippen molar-refractivity contribution in [3.05, 3.63) is 67.9 Å². The van der Waals surface area contributed by atoms with Gasteiger partial charge in [0.25, 0.3) is 10.9 Å². The fraction of sp³-hybridized carbons (Fsp3) is 0.345. The summed E-state index contributed by atoms with van der Waals surface area (Å²) in [6, 6.07) is 7.61. The summed E-state index contributed by atoms with van der Waals surface area (Å²) in [4.78, 5) is 50.1. The summed E-state index contributed by atoms with van der Waals surface area (Å²) in [5.41, 5.74) is -0.566. The Bertz CT molecular complexity index is 1750. The Balaban J connectivity index is 1.44. The minimum atomic E-state index is -0.669. The lowest BCUT2D eigenvalue weighted by Crippen LogP contribution is -2.57. The third-order valence-electron chi connectivity index (χ3n) is 6.87. The van der Waals surface area contributed by atoms with Crippen LogP contribution in [0.2, 0.25) is 5.02 Å². The zero-order chi connectivity index (χ0) is 30.3. The standard InChI is InChI=1S/C29H30ClFN6O5/c1-15-13-36(28(40)42-29(2,3)4)9-10-37(15)24-23(25(38)26(24)39)34-20-11-16-19(12-21(20)41-5)32-14-33-27(16)35-18-8-6-7-17(30)22(18)31/h6-8,11-12,14-15,34H,9-10,13H2,1-5H3,(H,32,33,35)/t15-/m1/s1. The quantitative estimate of drug-likeness (QED) is 0.295. The first-order chi connectivity index (χ1) is 19.9. The number of hydrogen-bond acceptors (Lipinski definition) is 10. The van der Waals surface area contributed by atoms with Crippen LogP contribution in [-0.4, -0.2) is 59.3 Å². The third-order valence-corrected chi connectivity index (χ3v) is 7.16. The van der Waals surface area contributed by atoms with Gasteiger partial charge in [-0.25, -0.2) is 19.2 Å². The van der Waals surface area contributed by atoms with E-state index in [0.717, 1.165) is 0 Å². The van der Waals surface area contributed by atoms with Crippen LogP contribution >= 0.6 is 11.6 Å². The number of carbonyl (C=O) groups excluding carboxylic acids is 1. The number of ether oxygens (including phenoxy) is 2. The van der Waals surface area contributed by atoms with Gasteiger partial charge in [0.2, 0.25) is 0 Å². The van der Waals surface area contributed by atoms with E-state index < -0.39 is 28.4 Å². The Labute approximate surface area is 245 Å². The highest BCUT2D eigenvalue weighted by atomic mass is 35.5. The number of rotatable bonds is 6. The first-order valence-corrected chi connectivity index (χ1v) is 13.6. The summed E-state index contributed by atoms with van der Waals surface area (Å²) in [6.45, 7) is 8.25. The van der Waals surface area contributed by atoms with Crippen molar-refractivity contribution in [3.63, 3.8) is 0 Å². The number of benzene rings is 2. The molecule has 0 radical (unpaired) electrons. The number of piperazine rings is 1. The van der Waals surface area contributed by atoms with E-state index in [1.807, 2.05) is 11.8 Å². The van der Waals surface area contributed by atoms with E-state index in [1.165, 1.54) is 25.6 Å². The molecule has 1 aromatic heterocycles. The number of nitrogens with one attached hydrogen (secondary N) is 2. The molecule has 220 valence electrons. The highest BCUT2D eigenvalue weighted by molar-refractivity contribution is 6.31. The summed E-state index contributed by atoms with van der Waals surface area (Å²) in [5, 5.41) is 6.48. The van der Waals surface area contributed by atoms with Crippen molar-refractivity contribution in [3.8, 4) is 5.75 Å². The minimum absolute atomic E-state index is 0.0452. The van der Waals surface area contributed by atoms with Gasteiger partial charge in [0, 0.05) is 37.1 Å². The lowest BCUT2D eigenvalue weighted by molar-refractivity contribution is 0.0218. The SMILES string of the molecule is COc1cc2ncnc(Nc3cccc(Cl)c3F)c2cc1Nc1c(N2CCN(C(=O)OC(C)(C)C)C[C@H]2C)c(=O)c1=O. The van der Waals surface area contributed by atoms with E-state index in [9.17, 15) is 18.8 Å². The normalized spacial score (nSPS) is 15.6. The van der Waals surface area contributed by atoms with Gasteiger partial charge < -0.3 is 29.9 Å². The molecule has 0 spiro atoms. The summed E-state index contributed by atoms with van der Waals surface area (Å²) in [5.74, 6) is 0.0268. The maximum Gasteiger partial charge on any atom is 0.410 e. The molecule has 1 aliphatic heterocycles. The van der Waals surface area contributed by atoms with Crippen molar-refractivity contribution >= 4 is 57.2 Å². The fourth-order valence-corrected chi connectivity index (χ4v) is 5.04. The smallest absolute Gasteiger partial charge is 0.410 e. The predicted molar refractivity (Wildman–Crippen MR) is 160 cm³/mol. The van der Waals surface area contributed by atoms with Gasteiger partial charge in [-0.2, -0.15) is 0 Å². The highest BCUT2D eigenvalue weighted by Crippen LogP contribution is 2.37. The van der Waals surface area contributed by atoms with E-state index in [0.29, 0.717) is 47.8 Å². The second-order valence-corrected chi connectivity index (χ2v) is 11.4. The highest BCUT2D eigenvalue weighted by Gasteiger charge is 2.35. The lowest BCUT2D eigenvalue weighted by atomic mass is 10.1. The summed E-state index contributed by atoms with van der Waals surface area (Å²) in [6.07, 6.45) is 0.898. The van der Waals surface area contributed by atoms with E-state index in [2.05, 4.69) is 20.6 Å². The number of halogens is 2. The number of nitrogens with zero attached hydrogens (tertiary/aromatic N) is 4. The molecule has 2 heterocycles. The first kappa shape index (κ1) is 29.1. The lowest BCUT2D eigenvalue weighted by Gasteiger charge is -2.42. The number of methoxy groups -OCH3 is 1. The second-order valence-electron chi connectivity index (χ2n) is 11.0. The largest absolute Gasteiger partial charge is 0.494 e. The van der Waals surface area contributed by atoms with Crippen molar-refractivity contribution in [2.24, 2.45) is 0 Å². The molecule has 11 nitrogen and oxygen atoms in total. The average molecular weight is 597 g/mol. The molecule has 1 atom stereocenters. The van der Waals surface area contributed by atoms with Gasteiger partial charge in [-0.15, -0.1) is 0 Å². The molecule has 2 N–H and O–H groups in total. The summed E-state index contributed by atoms with van der Waals surface area (Å²) < 4.78 is 25.6. The Kier molecular flexibility index (Phi) is 7.67. The molecule has 1 amide bonds. The van der Waals surface area contributed by atoms with Crippen LogP contribution in [0.4, 0.5) is 37.8 Å². The maximum absolute atomic E-state index is 14.6. The van der Waals surface area contributed by atoms with Gasteiger partial charge in [0.15, 0.2) is 5.82 Å². The van der Waals surface area contributed by atoms with E-state index in [1.54, 1.807) is 43.9 Å². The van der Waals surface area contributed by atoms with Gasteiger partial charge in [0.1, 0.15) is 34.9 Å². The maximum atomic E-state index is 14.6. The Hall–Kier alpha value is -4.45. The molecule has 0 aliphatic carbocycles.